The van der Waals surface area contributed by atoms with Gasteiger partial charge in [0.05, 0.1) is 4.88 Å². The zero-order chi connectivity index (χ0) is 13.0. The maximum Gasteiger partial charge on any atom is 0.324 e. The fourth-order valence-corrected chi connectivity index (χ4v) is 2.95. The van der Waals surface area contributed by atoms with Gasteiger partial charge >= 0.3 is 6.03 Å². The Morgan fingerprint density at radius 2 is 2.33 bits per heavy atom. The van der Waals surface area contributed by atoms with Crippen LogP contribution >= 0.6 is 11.3 Å². The summed E-state index contributed by atoms with van der Waals surface area (Å²) in [5.74, 6) is -0.296. The van der Waals surface area contributed by atoms with E-state index in [2.05, 4.69) is 12.2 Å². The average molecular weight is 266 g/mol. The number of nitrogens with zero attached hydrogens (tertiary/aromatic N) is 1. The molecule has 1 aliphatic heterocycles. The van der Waals surface area contributed by atoms with Crippen LogP contribution in [0.3, 0.4) is 0 Å². The van der Waals surface area contributed by atoms with Crippen molar-refractivity contribution >= 4 is 23.3 Å². The molecule has 98 valence electrons. The normalized spacial score (nSPS) is 19.6. The van der Waals surface area contributed by atoms with Crippen molar-refractivity contribution in [2.45, 2.75) is 38.6 Å². The number of hydrogen-bond donors (Lipinski definition) is 1. The number of urea groups is 1. The van der Waals surface area contributed by atoms with Crippen LogP contribution in [0.1, 0.15) is 42.3 Å². The fourth-order valence-electron chi connectivity index (χ4n) is 2.33. The third kappa shape index (κ3) is 2.90. The van der Waals surface area contributed by atoms with Crippen LogP contribution in [0.2, 0.25) is 0 Å². The summed E-state index contributed by atoms with van der Waals surface area (Å²) in [6.07, 6.45) is 4.18. The molecular formula is C13H18N2O2S. The van der Waals surface area contributed by atoms with Gasteiger partial charge < -0.3 is 4.90 Å². The Balaban J connectivity index is 1.96. The molecule has 2 heterocycles. The molecule has 0 saturated carbocycles. The summed E-state index contributed by atoms with van der Waals surface area (Å²) in [6.45, 7) is 2.83. The zero-order valence-electron chi connectivity index (χ0n) is 10.5. The molecule has 1 N–H and O–H groups in total. The average Bonchev–Trinajstić information content (AvgIpc) is 2.92. The van der Waals surface area contributed by atoms with Crippen LogP contribution in [0.25, 0.3) is 0 Å². The minimum atomic E-state index is -0.296. The molecule has 1 atom stereocenters. The highest BCUT2D eigenvalue weighted by molar-refractivity contribution is 7.12. The summed E-state index contributed by atoms with van der Waals surface area (Å²) >= 11 is 1.34. The van der Waals surface area contributed by atoms with Gasteiger partial charge in [-0.2, -0.15) is 0 Å². The van der Waals surface area contributed by atoms with Crippen molar-refractivity contribution in [1.29, 1.82) is 0 Å². The number of piperidine rings is 1. The number of thiophene rings is 1. The molecule has 1 fully saturated rings. The standard InChI is InChI=1S/C13H18N2O2S/c1-2-10-6-3-4-8-15(10)13(17)14-12(16)11-7-5-9-18-11/h5,7,9-10H,2-4,6,8H2,1H3,(H,14,16,17). The third-order valence-electron chi connectivity index (χ3n) is 3.32. The molecule has 1 aliphatic rings. The minimum absolute atomic E-state index is 0.250. The molecule has 18 heavy (non-hydrogen) atoms. The SMILES string of the molecule is CCC1CCCCN1C(=O)NC(=O)c1cccs1. The Bertz CT molecular complexity index is 417. The third-order valence-corrected chi connectivity index (χ3v) is 4.19. The van der Waals surface area contributed by atoms with Gasteiger partial charge in [0, 0.05) is 12.6 Å². The molecule has 2 rings (SSSR count). The smallest absolute Gasteiger partial charge is 0.321 e. The molecular weight excluding hydrogens is 248 g/mol. The monoisotopic (exact) mass is 266 g/mol. The second kappa shape index (κ2) is 6.00. The molecule has 1 unspecified atom stereocenters. The quantitative estimate of drug-likeness (QED) is 0.894. The molecule has 0 radical (unpaired) electrons. The van der Waals surface area contributed by atoms with Crippen LogP contribution in [-0.4, -0.2) is 29.4 Å². The van der Waals surface area contributed by atoms with E-state index in [-0.39, 0.29) is 18.0 Å². The predicted molar refractivity (Wildman–Crippen MR) is 71.8 cm³/mol. The summed E-state index contributed by atoms with van der Waals surface area (Å²) in [5, 5.41) is 4.30. The lowest BCUT2D eigenvalue weighted by Crippen LogP contribution is -2.49. The summed E-state index contributed by atoms with van der Waals surface area (Å²) in [7, 11) is 0. The van der Waals surface area contributed by atoms with Crippen molar-refractivity contribution in [2.75, 3.05) is 6.54 Å². The Morgan fingerprint density at radius 1 is 1.50 bits per heavy atom. The minimum Gasteiger partial charge on any atom is -0.321 e. The largest absolute Gasteiger partial charge is 0.324 e. The van der Waals surface area contributed by atoms with E-state index >= 15 is 0 Å². The lowest BCUT2D eigenvalue weighted by molar-refractivity contribution is 0.0937. The molecule has 5 heteroatoms. The van der Waals surface area contributed by atoms with E-state index in [0.717, 1.165) is 25.8 Å². The van der Waals surface area contributed by atoms with E-state index in [1.165, 1.54) is 17.8 Å². The van der Waals surface area contributed by atoms with E-state index in [0.29, 0.717) is 4.88 Å². The number of imide groups is 1. The van der Waals surface area contributed by atoms with Crippen LogP contribution in [0.5, 0.6) is 0 Å². The van der Waals surface area contributed by atoms with Crippen LogP contribution in [0, 0.1) is 0 Å². The summed E-state index contributed by atoms with van der Waals surface area (Å²) in [5.41, 5.74) is 0. The molecule has 0 spiro atoms. The van der Waals surface area contributed by atoms with Crippen molar-refractivity contribution in [1.82, 2.24) is 10.2 Å². The van der Waals surface area contributed by atoms with Crippen molar-refractivity contribution in [2.24, 2.45) is 0 Å². The van der Waals surface area contributed by atoms with Crippen LogP contribution in [0.4, 0.5) is 4.79 Å². The highest BCUT2D eigenvalue weighted by Gasteiger charge is 2.26. The van der Waals surface area contributed by atoms with Gasteiger partial charge in [-0.1, -0.05) is 13.0 Å². The van der Waals surface area contributed by atoms with Gasteiger partial charge in [-0.3, -0.25) is 10.1 Å². The summed E-state index contributed by atoms with van der Waals surface area (Å²) < 4.78 is 0. The highest BCUT2D eigenvalue weighted by atomic mass is 32.1. The first-order chi connectivity index (χ1) is 8.72. The van der Waals surface area contributed by atoms with Crippen molar-refractivity contribution in [3.8, 4) is 0 Å². The maximum absolute atomic E-state index is 12.1. The molecule has 0 aliphatic carbocycles. The zero-order valence-corrected chi connectivity index (χ0v) is 11.3. The van der Waals surface area contributed by atoms with Crippen molar-refractivity contribution < 1.29 is 9.59 Å². The molecule has 1 aromatic heterocycles. The van der Waals surface area contributed by atoms with Crippen molar-refractivity contribution in [3.05, 3.63) is 22.4 Å². The maximum atomic E-state index is 12.1. The molecule has 1 aromatic rings. The highest BCUT2D eigenvalue weighted by Crippen LogP contribution is 2.19. The summed E-state index contributed by atoms with van der Waals surface area (Å²) in [4.78, 5) is 26.3. The predicted octanol–water partition coefficient (Wildman–Crippen LogP) is 2.86. The first-order valence-corrected chi connectivity index (χ1v) is 7.25. The Morgan fingerprint density at radius 3 is 3.00 bits per heavy atom. The van der Waals surface area contributed by atoms with Crippen LogP contribution < -0.4 is 5.32 Å². The second-order valence-corrected chi connectivity index (χ2v) is 5.44. The van der Waals surface area contributed by atoms with Crippen molar-refractivity contribution in [3.63, 3.8) is 0 Å². The van der Waals surface area contributed by atoms with Gasteiger partial charge in [0.25, 0.3) is 5.91 Å². The first kappa shape index (κ1) is 13.1. The molecule has 4 nitrogen and oxygen atoms in total. The van der Waals surface area contributed by atoms with E-state index in [9.17, 15) is 9.59 Å². The fraction of sp³-hybridized carbons (Fsp3) is 0.538. The van der Waals surface area contributed by atoms with Crippen LogP contribution in [0.15, 0.2) is 17.5 Å². The van der Waals surface area contributed by atoms with Gasteiger partial charge in [-0.05, 0) is 37.1 Å². The number of likely N-dealkylation sites (tertiary alicyclic amines) is 1. The number of hydrogen-bond acceptors (Lipinski definition) is 3. The van der Waals surface area contributed by atoms with E-state index in [1.807, 2.05) is 5.38 Å². The lowest BCUT2D eigenvalue weighted by atomic mass is 10.0. The molecule has 3 amide bonds. The number of carbonyl (C=O) groups excluding carboxylic acids is 2. The Labute approximate surface area is 111 Å². The van der Waals surface area contributed by atoms with Gasteiger partial charge in [0.1, 0.15) is 0 Å². The molecule has 1 saturated heterocycles. The number of carbonyl (C=O) groups is 2. The van der Waals surface area contributed by atoms with E-state index in [4.69, 9.17) is 0 Å². The number of amides is 3. The van der Waals surface area contributed by atoms with Gasteiger partial charge in [0.2, 0.25) is 0 Å². The topological polar surface area (TPSA) is 49.4 Å². The number of rotatable bonds is 2. The van der Waals surface area contributed by atoms with Gasteiger partial charge in [-0.15, -0.1) is 11.3 Å². The second-order valence-electron chi connectivity index (χ2n) is 4.49. The Kier molecular flexibility index (Phi) is 4.36. The van der Waals surface area contributed by atoms with Gasteiger partial charge in [0.15, 0.2) is 0 Å². The van der Waals surface area contributed by atoms with Crippen LogP contribution in [-0.2, 0) is 0 Å². The molecule has 0 bridgehead atoms. The first-order valence-electron chi connectivity index (χ1n) is 6.38. The van der Waals surface area contributed by atoms with E-state index < -0.39 is 0 Å². The summed E-state index contributed by atoms with van der Waals surface area (Å²) in [6, 6.07) is 3.55. The molecule has 0 aromatic carbocycles. The van der Waals surface area contributed by atoms with Gasteiger partial charge in [-0.25, -0.2) is 4.79 Å². The van der Waals surface area contributed by atoms with E-state index in [1.54, 1.807) is 17.0 Å². The lowest BCUT2D eigenvalue weighted by Gasteiger charge is -2.34. The Hall–Kier alpha value is -1.36. The number of nitrogens with one attached hydrogen (secondary N) is 1.